The molecule has 0 amide bonds. The molecule has 0 unspecified atom stereocenters. The number of benzene rings is 9. The lowest BCUT2D eigenvalue weighted by Crippen LogP contribution is -2.10. The van der Waals surface area contributed by atoms with Crippen LogP contribution in [-0.2, 0) is 6.42 Å². The molecule has 2 nitrogen and oxygen atoms in total. The number of thiophene rings is 1. The molecule has 0 aliphatic heterocycles. The SMILES string of the molecule is c1ccc(-c2ccc3c(c2)[C@@H](c2cc(-c4ccc(N(c5ccccc5)c5cccc6c5oc5ccccc56)cc4)c4sc5ccccc5c4c2)CCc2ccccc2-3)cc1. The average Bonchev–Trinajstić information content (AvgIpc) is 3.84. The predicted octanol–water partition coefficient (Wildman–Crippen LogP) is 16.5. The average molecular weight is 786 g/mol. The fourth-order valence-corrected chi connectivity index (χ4v) is 10.9. The molecule has 0 saturated heterocycles. The molecule has 0 radical (unpaired) electrons. The van der Waals surface area contributed by atoms with Gasteiger partial charge >= 0.3 is 0 Å². The van der Waals surface area contributed by atoms with Crippen molar-refractivity contribution in [3.8, 4) is 33.4 Å². The molecule has 1 atom stereocenters. The minimum Gasteiger partial charge on any atom is -0.454 e. The van der Waals surface area contributed by atoms with Crippen LogP contribution in [0.2, 0.25) is 0 Å². The molecule has 0 bridgehead atoms. The third-order valence-electron chi connectivity index (χ3n) is 12.5. The summed E-state index contributed by atoms with van der Waals surface area (Å²) in [6.07, 6.45) is 2.06. The van der Waals surface area contributed by atoms with Crippen LogP contribution in [0, 0.1) is 0 Å². The Labute approximate surface area is 353 Å². The second kappa shape index (κ2) is 14.3. The number of fused-ring (bicyclic) bond motifs is 9. The molecular weight excluding hydrogens is 747 g/mol. The minimum absolute atomic E-state index is 0.218. The van der Waals surface area contributed by atoms with Crippen molar-refractivity contribution in [2.24, 2.45) is 0 Å². The number of rotatable bonds is 6. The van der Waals surface area contributed by atoms with E-state index >= 15 is 0 Å². The van der Waals surface area contributed by atoms with Gasteiger partial charge in [-0.2, -0.15) is 0 Å². The van der Waals surface area contributed by atoms with E-state index in [-0.39, 0.29) is 5.92 Å². The molecule has 0 N–H and O–H groups in total. The standard InChI is InChI=1S/C57H39NOS/c1-3-14-37(15-4-1)40-29-33-46-44-19-8-7-16-38(44)28-32-45(51(46)34-40)41-35-50(57-52(36-41)48-21-10-12-25-55(48)60-57)39-26-30-43(31-27-39)58(42-17-5-2-6-18-42)53-23-13-22-49-47-20-9-11-24-54(47)59-56(49)53/h1-27,29-31,33-36,45H,28,32H2/t45-/m1/s1. The first-order valence-electron chi connectivity index (χ1n) is 20.8. The van der Waals surface area contributed by atoms with Gasteiger partial charge in [-0.05, 0) is 124 Å². The highest BCUT2D eigenvalue weighted by Crippen LogP contribution is 2.48. The Bertz CT molecular complexity index is 3380. The highest BCUT2D eigenvalue weighted by molar-refractivity contribution is 7.26. The zero-order chi connectivity index (χ0) is 39.6. The molecule has 1 aliphatic carbocycles. The molecule has 2 aromatic heterocycles. The van der Waals surface area contributed by atoms with Gasteiger partial charge in [0.1, 0.15) is 5.58 Å². The Morgan fingerprint density at radius 3 is 2.03 bits per heavy atom. The Balaban J connectivity index is 1.03. The highest BCUT2D eigenvalue weighted by atomic mass is 32.1. The van der Waals surface area contributed by atoms with Crippen molar-refractivity contribution >= 4 is 70.5 Å². The lowest BCUT2D eigenvalue weighted by atomic mass is 9.82. The van der Waals surface area contributed by atoms with E-state index in [0.29, 0.717) is 0 Å². The number of hydrogen-bond donors (Lipinski definition) is 0. The number of anilines is 3. The Hall–Kier alpha value is -7.20. The number of para-hydroxylation sites is 3. The minimum atomic E-state index is 0.218. The highest BCUT2D eigenvalue weighted by Gasteiger charge is 2.27. The van der Waals surface area contributed by atoms with Crippen molar-refractivity contribution in [2.45, 2.75) is 18.8 Å². The van der Waals surface area contributed by atoms with Crippen molar-refractivity contribution < 1.29 is 4.42 Å². The molecule has 0 spiro atoms. The maximum atomic E-state index is 6.60. The van der Waals surface area contributed by atoms with Crippen molar-refractivity contribution in [1.82, 2.24) is 0 Å². The number of nitrogens with zero attached hydrogens (tertiary/aromatic N) is 1. The van der Waals surface area contributed by atoms with Gasteiger partial charge in [-0.3, -0.25) is 0 Å². The van der Waals surface area contributed by atoms with Crippen LogP contribution in [0.25, 0.3) is 75.5 Å². The fourth-order valence-electron chi connectivity index (χ4n) is 9.68. The summed E-state index contributed by atoms with van der Waals surface area (Å²) in [7, 11) is 0. The first-order valence-corrected chi connectivity index (χ1v) is 21.7. The lowest BCUT2D eigenvalue weighted by Gasteiger charge is -2.26. The molecular formula is C57H39NOS. The zero-order valence-corrected chi connectivity index (χ0v) is 33.7. The molecule has 0 fully saturated rings. The van der Waals surface area contributed by atoms with Crippen LogP contribution in [0.3, 0.4) is 0 Å². The van der Waals surface area contributed by atoms with E-state index in [1.54, 1.807) is 0 Å². The van der Waals surface area contributed by atoms with E-state index in [9.17, 15) is 0 Å². The van der Waals surface area contributed by atoms with E-state index in [1.807, 2.05) is 17.4 Å². The maximum absolute atomic E-state index is 6.60. The summed E-state index contributed by atoms with van der Waals surface area (Å²) in [5.74, 6) is 0.218. The number of aryl methyl sites for hydroxylation is 1. The molecule has 9 aromatic carbocycles. The Kier molecular flexibility index (Phi) is 8.28. The molecule has 2 heterocycles. The van der Waals surface area contributed by atoms with Crippen LogP contribution in [0.1, 0.15) is 29.0 Å². The van der Waals surface area contributed by atoms with E-state index in [2.05, 4.69) is 205 Å². The fraction of sp³-hybridized carbons (Fsp3) is 0.0526. The van der Waals surface area contributed by atoms with Crippen molar-refractivity contribution in [3.05, 3.63) is 223 Å². The molecule has 0 saturated carbocycles. The molecule has 1 aliphatic rings. The van der Waals surface area contributed by atoms with Crippen molar-refractivity contribution in [3.63, 3.8) is 0 Å². The van der Waals surface area contributed by atoms with Crippen LogP contribution in [0.15, 0.2) is 211 Å². The van der Waals surface area contributed by atoms with Crippen LogP contribution >= 0.6 is 11.3 Å². The Morgan fingerprint density at radius 2 is 1.17 bits per heavy atom. The topological polar surface area (TPSA) is 16.4 Å². The van der Waals surface area contributed by atoms with E-state index < -0.39 is 0 Å². The van der Waals surface area contributed by atoms with Gasteiger partial charge in [0.15, 0.2) is 5.58 Å². The summed E-state index contributed by atoms with van der Waals surface area (Å²) in [5.41, 5.74) is 16.8. The van der Waals surface area contributed by atoms with Gasteiger partial charge in [0.25, 0.3) is 0 Å². The summed E-state index contributed by atoms with van der Waals surface area (Å²) in [4.78, 5) is 2.32. The van der Waals surface area contributed by atoms with E-state index in [0.717, 1.165) is 51.8 Å². The lowest BCUT2D eigenvalue weighted by molar-refractivity contribution is 0.669. The van der Waals surface area contributed by atoms with Gasteiger partial charge < -0.3 is 9.32 Å². The quantitative estimate of drug-likeness (QED) is 0.167. The van der Waals surface area contributed by atoms with Gasteiger partial charge in [-0.1, -0.05) is 146 Å². The van der Waals surface area contributed by atoms with Crippen LogP contribution in [0.4, 0.5) is 17.1 Å². The second-order valence-electron chi connectivity index (χ2n) is 15.9. The molecule has 284 valence electrons. The van der Waals surface area contributed by atoms with E-state index in [4.69, 9.17) is 4.42 Å². The third-order valence-corrected chi connectivity index (χ3v) is 13.7. The Morgan fingerprint density at radius 1 is 0.467 bits per heavy atom. The second-order valence-corrected chi connectivity index (χ2v) is 17.0. The first-order chi connectivity index (χ1) is 29.7. The predicted molar refractivity (Wildman–Crippen MR) is 254 cm³/mol. The zero-order valence-electron chi connectivity index (χ0n) is 32.9. The monoisotopic (exact) mass is 785 g/mol. The summed E-state index contributed by atoms with van der Waals surface area (Å²) in [5, 5.41) is 4.89. The maximum Gasteiger partial charge on any atom is 0.159 e. The molecule has 12 rings (SSSR count). The smallest absolute Gasteiger partial charge is 0.159 e. The normalized spacial score (nSPS) is 13.7. The number of furan rings is 1. The van der Waals surface area contributed by atoms with Crippen molar-refractivity contribution in [1.29, 1.82) is 0 Å². The summed E-state index contributed by atoms with van der Waals surface area (Å²) >= 11 is 1.90. The van der Waals surface area contributed by atoms with Gasteiger partial charge in [0.2, 0.25) is 0 Å². The first kappa shape index (κ1) is 34.8. The summed E-state index contributed by atoms with van der Waals surface area (Å²) in [6, 6.07) is 75.5. The van der Waals surface area contributed by atoms with Crippen LogP contribution in [-0.4, -0.2) is 0 Å². The van der Waals surface area contributed by atoms with Gasteiger partial charge in [-0.25, -0.2) is 0 Å². The summed E-state index contributed by atoms with van der Waals surface area (Å²) in [6.45, 7) is 0. The van der Waals surface area contributed by atoms with Crippen LogP contribution < -0.4 is 4.90 Å². The van der Waals surface area contributed by atoms with Crippen molar-refractivity contribution in [2.75, 3.05) is 4.90 Å². The molecule has 3 heteroatoms. The van der Waals surface area contributed by atoms with E-state index in [1.165, 1.54) is 70.2 Å². The molecule has 11 aromatic rings. The third kappa shape index (κ3) is 5.77. The van der Waals surface area contributed by atoms with Gasteiger partial charge in [0, 0.05) is 48.2 Å². The van der Waals surface area contributed by atoms with Gasteiger partial charge in [0.05, 0.1) is 5.69 Å². The van der Waals surface area contributed by atoms with Crippen LogP contribution in [0.5, 0.6) is 0 Å². The number of hydrogen-bond acceptors (Lipinski definition) is 3. The summed E-state index contributed by atoms with van der Waals surface area (Å²) < 4.78 is 9.24. The molecule has 60 heavy (non-hydrogen) atoms. The van der Waals surface area contributed by atoms with Gasteiger partial charge in [-0.15, -0.1) is 11.3 Å². The largest absolute Gasteiger partial charge is 0.454 e.